The Morgan fingerprint density at radius 1 is 1.17 bits per heavy atom. The molecule has 0 radical (unpaired) electrons. The summed E-state index contributed by atoms with van der Waals surface area (Å²) in [5, 5.41) is 17.8. The molecule has 0 heterocycles. The minimum atomic E-state index is -1.19. The Hall–Kier alpha value is -0.120. The quantitative estimate of drug-likeness (QED) is 0.547. The summed E-state index contributed by atoms with van der Waals surface area (Å²) >= 11 is 0. The number of aliphatic hydroxyl groups is 2. The third-order valence-corrected chi connectivity index (χ3v) is 2.96. The van der Waals surface area contributed by atoms with E-state index in [1.165, 1.54) is 19.3 Å². The average Bonchev–Trinajstić information content (AvgIpc) is 2.05. The van der Waals surface area contributed by atoms with Gasteiger partial charge in [-0.25, -0.2) is 0 Å². The van der Waals surface area contributed by atoms with E-state index in [-0.39, 0.29) is 5.41 Å². The third-order valence-electron chi connectivity index (χ3n) is 2.96. The van der Waals surface area contributed by atoms with E-state index in [1.54, 1.807) is 0 Å². The topological polar surface area (TPSA) is 66.5 Å². The highest BCUT2D eigenvalue weighted by Crippen LogP contribution is 2.38. The second-order valence-electron chi connectivity index (χ2n) is 3.95. The number of hydrogen-bond donors (Lipinski definition) is 3. The van der Waals surface area contributed by atoms with E-state index in [4.69, 9.17) is 15.9 Å². The van der Waals surface area contributed by atoms with Crippen LogP contribution < -0.4 is 5.73 Å². The van der Waals surface area contributed by atoms with Crippen molar-refractivity contribution >= 4 is 0 Å². The first-order valence-electron chi connectivity index (χ1n) is 4.75. The van der Waals surface area contributed by atoms with Crippen molar-refractivity contribution in [2.24, 2.45) is 11.1 Å². The third kappa shape index (κ3) is 2.44. The summed E-state index contributed by atoms with van der Waals surface area (Å²) in [6.07, 6.45) is 5.01. The van der Waals surface area contributed by atoms with Gasteiger partial charge in [-0.3, -0.25) is 0 Å². The maximum absolute atomic E-state index is 8.90. The zero-order valence-electron chi connectivity index (χ0n) is 7.50. The van der Waals surface area contributed by atoms with Crippen LogP contribution >= 0.6 is 0 Å². The summed E-state index contributed by atoms with van der Waals surface area (Å²) in [5.41, 5.74) is 5.68. The molecule has 0 spiro atoms. The lowest BCUT2D eigenvalue weighted by Crippen LogP contribution is -2.36. The van der Waals surface area contributed by atoms with Crippen LogP contribution in [0.5, 0.6) is 0 Å². The fourth-order valence-electron chi connectivity index (χ4n) is 2.18. The van der Waals surface area contributed by atoms with E-state index in [9.17, 15) is 0 Å². The minimum Gasteiger partial charge on any atom is -0.368 e. The standard InChI is InChI=1S/C9H19NO2/c10-7-9(6-8(11)12)4-2-1-3-5-9/h8,11-12H,1-7,10H2. The maximum Gasteiger partial charge on any atom is 0.152 e. The monoisotopic (exact) mass is 173 g/mol. The molecule has 0 bridgehead atoms. The van der Waals surface area contributed by atoms with E-state index in [2.05, 4.69) is 0 Å². The lowest BCUT2D eigenvalue weighted by Gasteiger charge is -2.36. The lowest BCUT2D eigenvalue weighted by atomic mass is 9.72. The predicted octanol–water partition coefficient (Wildman–Crippen LogP) is 0.596. The highest BCUT2D eigenvalue weighted by atomic mass is 16.5. The smallest absolute Gasteiger partial charge is 0.152 e. The molecular weight excluding hydrogens is 154 g/mol. The van der Waals surface area contributed by atoms with Crippen LogP contribution in [-0.4, -0.2) is 23.0 Å². The van der Waals surface area contributed by atoms with Gasteiger partial charge in [0.25, 0.3) is 0 Å². The second kappa shape index (κ2) is 4.21. The zero-order chi connectivity index (χ0) is 9.03. The molecule has 1 fully saturated rings. The van der Waals surface area contributed by atoms with E-state index in [0.29, 0.717) is 13.0 Å². The summed E-state index contributed by atoms with van der Waals surface area (Å²) in [5.74, 6) is 0. The van der Waals surface area contributed by atoms with Gasteiger partial charge in [0.1, 0.15) is 0 Å². The normalized spacial score (nSPS) is 23.0. The Morgan fingerprint density at radius 2 is 1.75 bits per heavy atom. The summed E-state index contributed by atoms with van der Waals surface area (Å²) in [6, 6.07) is 0. The Kier molecular flexibility index (Phi) is 3.50. The van der Waals surface area contributed by atoms with Crippen LogP contribution in [0.4, 0.5) is 0 Å². The first-order valence-corrected chi connectivity index (χ1v) is 4.75. The fourth-order valence-corrected chi connectivity index (χ4v) is 2.18. The first-order chi connectivity index (χ1) is 5.68. The highest BCUT2D eigenvalue weighted by Gasteiger charge is 2.32. The molecule has 12 heavy (non-hydrogen) atoms. The van der Waals surface area contributed by atoms with Crippen LogP contribution in [0.2, 0.25) is 0 Å². The highest BCUT2D eigenvalue weighted by molar-refractivity contribution is 4.84. The Morgan fingerprint density at radius 3 is 2.17 bits per heavy atom. The van der Waals surface area contributed by atoms with Crippen molar-refractivity contribution in [3.05, 3.63) is 0 Å². The van der Waals surface area contributed by atoms with Crippen LogP contribution in [0.1, 0.15) is 38.5 Å². The molecule has 4 N–H and O–H groups in total. The van der Waals surface area contributed by atoms with Gasteiger partial charge in [0.2, 0.25) is 0 Å². The average molecular weight is 173 g/mol. The van der Waals surface area contributed by atoms with E-state index < -0.39 is 6.29 Å². The summed E-state index contributed by atoms with van der Waals surface area (Å²) in [7, 11) is 0. The van der Waals surface area contributed by atoms with Gasteiger partial charge in [0.05, 0.1) is 0 Å². The molecule has 3 heteroatoms. The summed E-state index contributed by atoms with van der Waals surface area (Å²) < 4.78 is 0. The SMILES string of the molecule is NCC1(CC(O)O)CCCCC1. The molecule has 0 aromatic heterocycles. The summed E-state index contributed by atoms with van der Waals surface area (Å²) in [6.45, 7) is 0.588. The van der Waals surface area contributed by atoms with Crippen LogP contribution in [0.15, 0.2) is 0 Å². The van der Waals surface area contributed by atoms with Crippen molar-refractivity contribution in [2.45, 2.75) is 44.8 Å². The molecule has 0 aliphatic heterocycles. The van der Waals surface area contributed by atoms with E-state index in [0.717, 1.165) is 12.8 Å². The van der Waals surface area contributed by atoms with Crippen molar-refractivity contribution < 1.29 is 10.2 Å². The molecule has 0 unspecified atom stereocenters. The molecule has 0 aromatic rings. The predicted molar refractivity (Wildman–Crippen MR) is 47.4 cm³/mol. The molecule has 1 aliphatic carbocycles. The molecule has 1 rings (SSSR count). The van der Waals surface area contributed by atoms with Gasteiger partial charge < -0.3 is 15.9 Å². The maximum atomic E-state index is 8.90. The van der Waals surface area contributed by atoms with E-state index in [1.807, 2.05) is 0 Å². The van der Waals surface area contributed by atoms with Gasteiger partial charge in [-0.05, 0) is 24.8 Å². The number of hydrogen-bond acceptors (Lipinski definition) is 3. The number of rotatable bonds is 3. The van der Waals surface area contributed by atoms with Crippen LogP contribution in [0.3, 0.4) is 0 Å². The molecule has 0 saturated heterocycles. The molecule has 1 aliphatic rings. The molecule has 0 amide bonds. The fraction of sp³-hybridized carbons (Fsp3) is 1.00. The van der Waals surface area contributed by atoms with Crippen LogP contribution in [0.25, 0.3) is 0 Å². The van der Waals surface area contributed by atoms with Crippen LogP contribution in [0, 0.1) is 5.41 Å². The first kappa shape index (κ1) is 9.96. The van der Waals surface area contributed by atoms with Gasteiger partial charge in [0.15, 0.2) is 6.29 Å². The Bertz CT molecular complexity index is 130. The Labute approximate surface area is 73.6 Å². The van der Waals surface area contributed by atoms with Crippen molar-refractivity contribution in [2.75, 3.05) is 6.54 Å². The number of nitrogens with two attached hydrogens (primary N) is 1. The van der Waals surface area contributed by atoms with Crippen LogP contribution in [-0.2, 0) is 0 Å². The second-order valence-corrected chi connectivity index (χ2v) is 3.95. The Balaban J connectivity index is 2.48. The largest absolute Gasteiger partial charge is 0.368 e. The summed E-state index contributed by atoms with van der Waals surface area (Å²) in [4.78, 5) is 0. The number of aliphatic hydroxyl groups excluding tert-OH is 1. The van der Waals surface area contributed by atoms with Crippen molar-refractivity contribution in [1.82, 2.24) is 0 Å². The van der Waals surface area contributed by atoms with Gasteiger partial charge in [-0.15, -0.1) is 0 Å². The van der Waals surface area contributed by atoms with Crippen molar-refractivity contribution in [1.29, 1.82) is 0 Å². The van der Waals surface area contributed by atoms with Gasteiger partial charge >= 0.3 is 0 Å². The zero-order valence-corrected chi connectivity index (χ0v) is 7.50. The van der Waals surface area contributed by atoms with Gasteiger partial charge in [-0.2, -0.15) is 0 Å². The van der Waals surface area contributed by atoms with Crippen molar-refractivity contribution in [3.63, 3.8) is 0 Å². The van der Waals surface area contributed by atoms with Gasteiger partial charge in [0, 0.05) is 6.42 Å². The molecular formula is C9H19NO2. The molecule has 3 nitrogen and oxygen atoms in total. The molecule has 72 valence electrons. The van der Waals surface area contributed by atoms with Crippen molar-refractivity contribution in [3.8, 4) is 0 Å². The lowest BCUT2D eigenvalue weighted by molar-refractivity contribution is -0.0776. The van der Waals surface area contributed by atoms with E-state index >= 15 is 0 Å². The van der Waals surface area contributed by atoms with Gasteiger partial charge in [-0.1, -0.05) is 19.3 Å². The minimum absolute atomic E-state index is 0.0203. The molecule has 1 saturated carbocycles. The molecule has 0 aromatic carbocycles. The molecule has 0 atom stereocenters.